The molecule has 1 amide bonds. The van der Waals surface area contributed by atoms with Crippen LogP contribution in [0, 0.1) is 0 Å². The molecule has 0 radical (unpaired) electrons. The molecule has 0 unspecified atom stereocenters. The molecule has 0 spiro atoms. The van der Waals surface area contributed by atoms with Crippen LogP contribution in [0.2, 0.25) is 0 Å². The zero-order valence-corrected chi connectivity index (χ0v) is 15.1. The second-order valence-electron chi connectivity index (χ2n) is 6.09. The van der Waals surface area contributed by atoms with Crippen molar-refractivity contribution in [3.05, 3.63) is 69.7 Å². The van der Waals surface area contributed by atoms with Gasteiger partial charge in [0.15, 0.2) is 5.78 Å². The van der Waals surface area contributed by atoms with Crippen LogP contribution in [0.25, 0.3) is 0 Å². The fourth-order valence-corrected chi connectivity index (χ4v) is 3.33. The molecule has 0 aliphatic carbocycles. The maximum absolute atomic E-state index is 12.9. The first-order valence-corrected chi connectivity index (χ1v) is 9.15. The minimum absolute atomic E-state index is 0.0297. The molecule has 4 heteroatoms. The van der Waals surface area contributed by atoms with Gasteiger partial charge in [-0.15, -0.1) is 0 Å². The fourth-order valence-electron chi connectivity index (χ4n) is 3.07. The summed E-state index contributed by atoms with van der Waals surface area (Å²) in [6.07, 6.45) is 4.41. The molecule has 1 aliphatic rings. The average Bonchev–Trinajstić information content (AvgIpc) is 2.90. The molecule has 3 rings (SSSR count). The van der Waals surface area contributed by atoms with Crippen LogP contribution in [0.4, 0.5) is 0 Å². The average molecular weight is 386 g/mol. The Morgan fingerprint density at radius 3 is 2.00 bits per heavy atom. The number of hydrogen-bond acceptors (Lipinski definition) is 2. The standard InChI is InChI=1S/C20H20BrNO2/c21-16-11-9-15(10-12-16)19(23)17-7-3-4-8-18(17)20(24)22-13-5-1-2-6-14-22/h3-4,7-12H,1-2,5-6,13-14H2. The van der Waals surface area contributed by atoms with Gasteiger partial charge in [-0.2, -0.15) is 0 Å². The third kappa shape index (κ3) is 3.75. The van der Waals surface area contributed by atoms with E-state index in [0.29, 0.717) is 16.7 Å². The zero-order valence-electron chi connectivity index (χ0n) is 13.5. The Balaban J connectivity index is 1.91. The summed E-state index contributed by atoms with van der Waals surface area (Å²) in [4.78, 5) is 27.7. The van der Waals surface area contributed by atoms with E-state index in [0.717, 1.165) is 30.4 Å². The molecule has 3 nitrogen and oxygen atoms in total. The van der Waals surface area contributed by atoms with Gasteiger partial charge in [0.2, 0.25) is 0 Å². The molecule has 0 aromatic heterocycles. The maximum Gasteiger partial charge on any atom is 0.254 e. The van der Waals surface area contributed by atoms with Crippen molar-refractivity contribution in [3.8, 4) is 0 Å². The molecule has 2 aromatic rings. The lowest BCUT2D eigenvalue weighted by Crippen LogP contribution is -2.33. The number of hydrogen-bond donors (Lipinski definition) is 0. The van der Waals surface area contributed by atoms with Crippen LogP contribution in [-0.2, 0) is 0 Å². The van der Waals surface area contributed by atoms with Crippen molar-refractivity contribution in [1.29, 1.82) is 0 Å². The van der Waals surface area contributed by atoms with Crippen molar-refractivity contribution in [1.82, 2.24) is 4.90 Å². The Kier molecular flexibility index (Phi) is 5.46. The van der Waals surface area contributed by atoms with Crippen LogP contribution in [0.5, 0.6) is 0 Å². The van der Waals surface area contributed by atoms with Crippen molar-refractivity contribution in [3.63, 3.8) is 0 Å². The Labute approximate surface area is 150 Å². The number of ketones is 1. The second kappa shape index (κ2) is 7.75. The van der Waals surface area contributed by atoms with E-state index in [1.807, 2.05) is 29.2 Å². The first-order valence-electron chi connectivity index (χ1n) is 8.35. The summed E-state index contributed by atoms with van der Waals surface area (Å²) in [7, 11) is 0. The Bertz CT molecular complexity index is 732. The summed E-state index contributed by atoms with van der Waals surface area (Å²) in [6.45, 7) is 1.55. The highest BCUT2D eigenvalue weighted by Gasteiger charge is 2.23. The van der Waals surface area contributed by atoms with Crippen LogP contribution < -0.4 is 0 Å². The van der Waals surface area contributed by atoms with Crippen molar-refractivity contribution >= 4 is 27.6 Å². The molecule has 2 aromatic carbocycles. The van der Waals surface area contributed by atoms with Crippen LogP contribution in [0.3, 0.4) is 0 Å². The molecular formula is C20H20BrNO2. The summed E-state index contributed by atoms with van der Waals surface area (Å²) >= 11 is 3.38. The molecule has 124 valence electrons. The quantitative estimate of drug-likeness (QED) is 0.718. The van der Waals surface area contributed by atoms with E-state index in [1.165, 1.54) is 12.8 Å². The molecule has 1 fully saturated rings. The number of carbonyl (C=O) groups excluding carboxylic acids is 2. The van der Waals surface area contributed by atoms with Gasteiger partial charge in [0.05, 0.1) is 5.56 Å². The van der Waals surface area contributed by atoms with Crippen molar-refractivity contribution in [2.45, 2.75) is 25.7 Å². The first kappa shape index (κ1) is 16.9. The number of nitrogens with zero attached hydrogens (tertiary/aromatic N) is 1. The van der Waals surface area contributed by atoms with Crippen LogP contribution in [0.1, 0.15) is 52.0 Å². The topological polar surface area (TPSA) is 37.4 Å². The molecule has 1 heterocycles. The number of halogens is 1. The van der Waals surface area contributed by atoms with E-state index in [1.54, 1.807) is 24.3 Å². The number of rotatable bonds is 3. The Morgan fingerprint density at radius 1 is 0.792 bits per heavy atom. The highest BCUT2D eigenvalue weighted by Crippen LogP contribution is 2.20. The summed E-state index contributed by atoms with van der Waals surface area (Å²) < 4.78 is 0.924. The summed E-state index contributed by atoms with van der Waals surface area (Å²) in [5, 5.41) is 0. The number of likely N-dealkylation sites (tertiary alicyclic amines) is 1. The lowest BCUT2D eigenvalue weighted by Gasteiger charge is -2.21. The Morgan fingerprint density at radius 2 is 1.38 bits per heavy atom. The highest BCUT2D eigenvalue weighted by atomic mass is 79.9. The van der Waals surface area contributed by atoms with Crippen molar-refractivity contribution < 1.29 is 9.59 Å². The molecular weight excluding hydrogens is 366 g/mol. The smallest absolute Gasteiger partial charge is 0.254 e. The Hall–Kier alpha value is -1.94. The third-order valence-corrected chi connectivity index (χ3v) is 4.93. The number of carbonyl (C=O) groups is 2. The van der Waals surface area contributed by atoms with Gasteiger partial charge in [0.1, 0.15) is 0 Å². The maximum atomic E-state index is 12.9. The van der Waals surface area contributed by atoms with Gasteiger partial charge in [-0.1, -0.05) is 47.0 Å². The van der Waals surface area contributed by atoms with E-state index < -0.39 is 0 Å². The van der Waals surface area contributed by atoms with Gasteiger partial charge in [-0.3, -0.25) is 9.59 Å². The second-order valence-corrected chi connectivity index (χ2v) is 7.00. The molecule has 0 N–H and O–H groups in total. The lowest BCUT2D eigenvalue weighted by atomic mass is 9.97. The van der Waals surface area contributed by atoms with Crippen LogP contribution in [0.15, 0.2) is 53.0 Å². The van der Waals surface area contributed by atoms with Crippen molar-refractivity contribution in [2.75, 3.05) is 13.1 Å². The van der Waals surface area contributed by atoms with Gasteiger partial charge in [-0.05, 0) is 43.2 Å². The first-order chi connectivity index (χ1) is 11.7. The minimum Gasteiger partial charge on any atom is -0.339 e. The van der Waals surface area contributed by atoms with Gasteiger partial charge in [0.25, 0.3) is 5.91 Å². The summed E-state index contributed by atoms with van der Waals surface area (Å²) in [5.41, 5.74) is 1.58. The molecule has 24 heavy (non-hydrogen) atoms. The monoisotopic (exact) mass is 385 g/mol. The predicted molar refractivity (Wildman–Crippen MR) is 98.4 cm³/mol. The van der Waals surface area contributed by atoms with Crippen LogP contribution >= 0.6 is 15.9 Å². The number of amides is 1. The predicted octanol–water partition coefficient (Wildman–Crippen LogP) is 4.70. The van der Waals surface area contributed by atoms with Gasteiger partial charge in [0, 0.05) is 28.7 Å². The number of benzene rings is 2. The lowest BCUT2D eigenvalue weighted by molar-refractivity contribution is 0.0757. The molecule has 0 saturated carbocycles. The van der Waals surface area contributed by atoms with E-state index in [-0.39, 0.29) is 11.7 Å². The van der Waals surface area contributed by atoms with Gasteiger partial charge >= 0.3 is 0 Å². The molecule has 0 bridgehead atoms. The van der Waals surface area contributed by atoms with Crippen molar-refractivity contribution in [2.24, 2.45) is 0 Å². The molecule has 1 aliphatic heterocycles. The third-order valence-electron chi connectivity index (χ3n) is 4.40. The van der Waals surface area contributed by atoms with E-state index in [9.17, 15) is 9.59 Å². The summed E-state index contributed by atoms with van der Waals surface area (Å²) in [5.74, 6) is -0.140. The van der Waals surface area contributed by atoms with E-state index >= 15 is 0 Å². The van der Waals surface area contributed by atoms with Crippen LogP contribution in [-0.4, -0.2) is 29.7 Å². The normalized spacial score (nSPS) is 15.0. The highest BCUT2D eigenvalue weighted by molar-refractivity contribution is 9.10. The van der Waals surface area contributed by atoms with E-state index in [4.69, 9.17) is 0 Å². The largest absolute Gasteiger partial charge is 0.339 e. The van der Waals surface area contributed by atoms with E-state index in [2.05, 4.69) is 15.9 Å². The SMILES string of the molecule is O=C(c1ccc(Br)cc1)c1ccccc1C(=O)N1CCCCCC1. The van der Waals surface area contributed by atoms with Gasteiger partial charge < -0.3 is 4.90 Å². The summed E-state index contributed by atoms with van der Waals surface area (Å²) in [6, 6.07) is 14.4. The minimum atomic E-state index is -0.110. The molecule has 0 atom stereocenters. The fraction of sp³-hybridized carbons (Fsp3) is 0.300. The molecule has 1 saturated heterocycles. The van der Waals surface area contributed by atoms with Gasteiger partial charge in [-0.25, -0.2) is 0 Å². The zero-order chi connectivity index (χ0) is 16.9.